The molecule has 0 radical (unpaired) electrons. The van der Waals surface area contributed by atoms with Crippen LogP contribution >= 0.6 is 0 Å². The molecular weight excluding hydrogens is 429 g/mol. The van der Waals surface area contributed by atoms with Gasteiger partial charge in [0.2, 0.25) is 0 Å². The quantitative estimate of drug-likeness (QED) is 0.469. The molecule has 0 saturated heterocycles. The molecule has 0 aliphatic rings. The molecule has 0 aliphatic heterocycles. The molecule has 0 atom stereocenters. The van der Waals surface area contributed by atoms with Crippen LogP contribution in [-0.4, -0.2) is 31.8 Å². The molecular formula is C24H18FN3O3S. The van der Waals surface area contributed by atoms with Crippen molar-refractivity contribution in [3.8, 4) is 17.6 Å². The van der Waals surface area contributed by atoms with E-state index >= 15 is 0 Å². The number of rotatable bonds is 4. The first-order valence-corrected chi connectivity index (χ1v) is 11.4. The highest BCUT2D eigenvalue weighted by atomic mass is 32.2. The van der Waals surface area contributed by atoms with E-state index in [1.54, 1.807) is 30.6 Å². The van der Waals surface area contributed by atoms with Crippen molar-refractivity contribution in [1.82, 2.24) is 9.97 Å². The third kappa shape index (κ3) is 4.68. The molecule has 0 fully saturated rings. The minimum Gasteiger partial charge on any atom is -0.494 e. The largest absolute Gasteiger partial charge is 0.494 e. The van der Waals surface area contributed by atoms with E-state index in [0.29, 0.717) is 22.8 Å². The number of hydrogen-bond donors (Lipinski definition) is 1. The van der Waals surface area contributed by atoms with Crippen molar-refractivity contribution in [3.05, 3.63) is 84.1 Å². The molecule has 0 saturated carbocycles. The summed E-state index contributed by atoms with van der Waals surface area (Å²) >= 11 is 0. The second-order valence-electron chi connectivity index (χ2n) is 6.97. The predicted octanol–water partition coefficient (Wildman–Crippen LogP) is 4.32. The van der Waals surface area contributed by atoms with Crippen LogP contribution in [0.5, 0.6) is 5.75 Å². The molecule has 0 spiro atoms. The Balaban J connectivity index is 1.66. The first-order chi connectivity index (χ1) is 15.3. The molecule has 2 aromatic heterocycles. The molecule has 32 heavy (non-hydrogen) atoms. The Bertz CT molecular complexity index is 1470. The number of halogens is 1. The molecule has 0 amide bonds. The number of nitrogens with zero attached hydrogens (tertiary/aromatic N) is 2. The number of fused-ring (bicyclic) bond motifs is 1. The zero-order chi connectivity index (χ0) is 22.7. The second-order valence-corrected chi connectivity index (χ2v) is 8.99. The number of ether oxygens (including phenoxy) is 1. The average Bonchev–Trinajstić information content (AvgIpc) is 2.78. The summed E-state index contributed by atoms with van der Waals surface area (Å²) in [6, 6.07) is 14.5. The number of aromatic nitrogens is 2. The van der Waals surface area contributed by atoms with Crippen LogP contribution in [0.3, 0.4) is 0 Å². The number of pyridine rings is 2. The van der Waals surface area contributed by atoms with E-state index in [1.807, 2.05) is 12.1 Å². The molecule has 0 unspecified atom stereocenters. The molecule has 160 valence electrons. The van der Waals surface area contributed by atoms with E-state index in [9.17, 15) is 12.8 Å². The smallest absolute Gasteiger partial charge is 0.175 e. The Morgan fingerprint density at radius 3 is 2.50 bits per heavy atom. The van der Waals surface area contributed by atoms with Gasteiger partial charge >= 0.3 is 0 Å². The lowest BCUT2D eigenvalue weighted by molar-refractivity contribution is 0.386. The fourth-order valence-corrected chi connectivity index (χ4v) is 3.67. The van der Waals surface area contributed by atoms with Crippen LogP contribution < -0.4 is 10.1 Å². The monoisotopic (exact) mass is 447 g/mol. The van der Waals surface area contributed by atoms with E-state index in [-0.39, 0.29) is 10.6 Å². The molecule has 4 rings (SSSR count). The summed E-state index contributed by atoms with van der Waals surface area (Å²) in [5.41, 5.74) is 1.84. The molecule has 0 bridgehead atoms. The van der Waals surface area contributed by atoms with Crippen molar-refractivity contribution < 1.29 is 17.5 Å². The zero-order valence-electron chi connectivity index (χ0n) is 17.3. The van der Waals surface area contributed by atoms with Gasteiger partial charge in [0.1, 0.15) is 11.5 Å². The van der Waals surface area contributed by atoms with Crippen molar-refractivity contribution in [2.45, 2.75) is 4.90 Å². The minimum atomic E-state index is -3.26. The van der Waals surface area contributed by atoms with Gasteiger partial charge in [0, 0.05) is 40.7 Å². The highest BCUT2D eigenvalue weighted by Crippen LogP contribution is 2.23. The van der Waals surface area contributed by atoms with Gasteiger partial charge in [-0.05, 0) is 60.5 Å². The summed E-state index contributed by atoms with van der Waals surface area (Å²) in [5, 5.41) is 4.81. The van der Waals surface area contributed by atoms with Crippen molar-refractivity contribution in [2.75, 3.05) is 18.7 Å². The van der Waals surface area contributed by atoms with Crippen LogP contribution in [0.25, 0.3) is 10.8 Å². The maximum Gasteiger partial charge on any atom is 0.175 e. The SMILES string of the molecule is COc1cc(C#Cc2nccc3cnc(Nc4ccc(S(C)(=O)=O)cc4)cc23)ccc1F. The van der Waals surface area contributed by atoms with Crippen molar-refractivity contribution in [3.63, 3.8) is 0 Å². The lowest BCUT2D eigenvalue weighted by Gasteiger charge is -2.08. The summed E-state index contributed by atoms with van der Waals surface area (Å²) < 4.78 is 41.9. The topological polar surface area (TPSA) is 81.2 Å². The van der Waals surface area contributed by atoms with Crippen LogP contribution in [0.15, 0.2) is 71.9 Å². The summed E-state index contributed by atoms with van der Waals surface area (Å²) in [6.07, 6.45) is 4.52. The first kappa shape index (κ1) is 21.3. The molecule has 8 heteroatoms. The molecule has 1 N–H and O–H groups in total. The van der Waals surface area contributed by atoms with E-state index in [2.05, 4.69) is 27.1 Å². The molecule has 0 aliphatic carbocycles. The number of methoxy groups -OCH3 is 1. The minimum absolute atomic E-state index is 0.125. The van der Waals surface area contributed by atoms with E-state index < -0.39 is 15.7 Å². The van der Waals surface area contributed by atoms with Crippen molar-refractivity contribution >= 4 is 32.1 Å². The van der Waals surface area contributed by atoms with Crippen LogP contribution in [0, 0.1) is 17.7 Å². The number of benzene rings is 2. The Morgan fingerprint density at radius 2 is 1.78 bits per heavy atom. The van der Waals surface area contributed by atoms with Crippen LogP contribution in [0.2, 0.25) is 0 Å². The van der Waals surface area contributed by atoms with Gasteiger partial charge in [-0.15, -0.1) is 0 Å². The zero-order valence-corrected chi connectivity index (χ0v) is 18.1. The molecule has 4 aromatic rings. The average molecular weight is 447 g/mol. The second kappa shape index (κ2) is 8.65. The maximum atomic E-state index is 13.6. The van der Waals surface area contributed by atoms with Crippen molar-refractivity contribution in [2.24, 2.45) is 0 Å². The van der Waals surface area contributed by atoms with Gasteiger partial charge in [0.05, 0.1) is 12.0 Å². The molecule has 2 aromatic carbocycles. The van der Waals surface area contributed by atoms with E-state index in [4.69, 9.17) is 4.74 Å². The van der Waals surface area contributed by atoms with Crippen LogP contribution in [0.1, 0.15) is 11.3 Å². The Kier molecular flexibility index (Phi) is 5.75. The Hall–Kier alpha value is -3.96. The van der Waals surface area contributed by atoms with Gasteiger partial charge in [-0.1, -0.05) is 5.92 Å². The third-order valence-corrected chi connectivity index (χ3v) is 5.81. The fourth-order valence-electron chi connectivity index (χ4n) is 3.04. The fraction of sp³-hybridized carbons (Fsp3) is 0.0833. The summed E-state index contributed by atoms with van der Waals surface area (Å²) in [6.45, 7) is 0. The normalized spacial score (nSPS) is 11.0. The predicted molar refractivity (Wildman–Crippen MR) is 121 cm³/mol. The van der Waals surface area contributed by atoms with Crippen molar-refractivity contribution in [1.29, 1.82) is 0 Å². The van der Waals surface area contributed by atoms with Crippen LogP contribution in [-0.2, 0) is 9.84 Å². The number of nitrogens with one attached hydrogen (secondary N) is 1. The lowest BCUT2D eigenvalue weighted by Crippen LogP contribution is -1.98. The van der Waals surface area contributed by atoms with Gasteiger partial charge < -0.3 is 10.1 Å². The Labute approximate surface area is 185 Å². The van der Waals surface area contributed by atoms with Gasteiger partial charge in [0.25, 0.3) is 0 Å². The number of sulfone groups is 1. The molecule has 6 nitrogen and oxygen atoms in total. The highest BCUT2D eigenvalue weighted by molar-refractivity contribution is 7.90. The summed E-state index contributed by atoms with van der Waals surface area (Å²) in [7, 11) is -1.86. The standard InChI is InChI=1S/C24H18FN3O3S/c1-31-23-13-16(3-9-21(23)25)4-10-22-20-14-24(27-15-17(20)11-12-26-22)28-18-5-7-19(8-6-18)32(2,29)30/h3,5-9,11-15H,1-2H3,(H,27,28). The number of anilines is 2. The Morgan fingerprint density at radius 1 is 1.00 bits per heavy atom. The molecule has 2 heterocycles. The third-order valence-electron chi connectivity index (χ3n) is 4.68. The highest BCUT2D eigenvalue weighted by Gasteiger charge is 2.08. The maximum absolute atomic E-state index is 13.6. The van der Waals surface area contributed by atoms with Gasteiger partial charge in [-0.25, -0.2) is 22.8 Å². The van der Waals surface area contributed by atoms with E-state index in [0.717, 1.165) is 17.0 Å². The van der Waals surface area contributed by atoms with E-state index in [1.165, 1.54) is 31.4 Å². The summed E-state index contributed by atoms with van der Waals surface area (Å²) in [4.78, 5) is 9.01. The van der Waals surface area contributed by atoms with Gasteiger partial charge in [-0.2, -0.15) is 0 Å². The first-order valence-electron chi connectivity index (χ1n) is 9.51. The van der Waals surface area contributed by atoms with Crippen LogP contribution in [0.4, 0.5) is 15.9 Å². The van der Waals surface area contributed by atoms with Gasteiger partial charge in [0.15, 0.2) is 21.4 Å². The summed E-state index contributed by atoms with van der Waals surface area (Å²) in [5.74, 6) is 6.25. The van der Waals surface area contributed by atoms with Gasteiger partial charge in [-0.3, -0.25) is 0 Å². The lowest BCUT2D eigenvalue weighted by atomic mass is 10.1. The number of hydrogen-bond acceptors (Lipinski definition) is 6.